The number of nitrogens with zero attached hydrogens (tertiary/aromatic N) is 4. The minimum Gasteiger partial charge on any atom is -0.310 e. The average Bonchev–Trinajstić information content (AvgIpc) is 2.60. The third-order valence-corrected chi connectivity index (χ3v) is 1.97. The van der Waals surface area contributed by atoms with Gasteiger partial charge in [-0.3, -0.25) is 0 Å². The molecule has 0 spiro atoms. The maximum atomic E-state index is 11.9. The van der Waals surface area contributed by atoms with Crippen LogP contribution in [0.5, 0.6) is 0 Å². The van der Waals surface area contributed by atoms with Gasteiger partial charge in [-0.1, -0.05) is 6.92 Å². The highest BCUT2D eigenvalue weighted by Gasteiger charge is 2.26. The van der Waals surface area contributed by atoms with Crippen LogP contribution in [0.15, 0.2) is 0 Å². The third kappa shape index (κ3) is 4.56. The van der Waals surface area contributed by atoms with Crippen LogP contribution >= 0.6 is 0 Å². The minimum absolute atomic E-state index is 0.00628. The van der Waals surface area contributed by atoms with Crippen molar-refractivity contribution in [1.82, 2.24) is 25.5 Å². The fourth-order valence-corrected chi connectivity index (χ4v) is 1.19. The molecule has 0 aliphatic heterocycles. The van der Waals surface area contributed by atoms with Gasteiger partial charge in [0, 0.05) is 13.0 Å². The van der Waals surface area contributed by atoms with Crippen LogP contribution in [0.3, 0.4) is 0 Å². The molecule has 0 bridgehead atoms. The van der Waals surface area contributed by atoms with Crippen molar-refractivity contribution in [2.45, 2.75) is 39.0 Å². The molecule has 0 fully saturated rings. The zero-order valence-corrected chi connectivity index (χ0v) is 8.96. The van der Waals surface area contributed by atoms with Crippen molar-refractivity contribution in [2.24, 2.45) is 0 Å². The number of aryl methyl sites for hydroxylation is 1. The van der Waals surface area contributed by atoms with Gasteiger partial charge in [-0.15, -0.1) is 5.10 Å². The fourth-order valence-electron chi connectivity index (χ4n) is 1.19. The van der Waals surface area contributed by atoms with Gasteiger partial charge in [-0.05, 0) is 23.4 Å². The van der Waals surface area contributed by atoms with Crippen LogP contribution in [0.1, 0.15) is 25.6 Å². The molecule has 0 atom stereocenters. The zero-order valence-electron chi connectivity index (χ0n) is 8.96. The van der Waals surface area contributed by atoms with Crippen LogP contribution in [0, 0.1) is 0 Å². The van der Waals surface area contributed by atoms with Crippen molar-refractivity contribution in [3.63, 3.8) is 0 Å². The normalized spacial score (nSPS) is 12.0. The Bertz CT molecular complexity index is 309. The maximum Gasteiger partial charge on any atom is 0.389 e. The number of hydrogen-bond acceptors (Lipinski definition) is 4. The topological polar surface area (TPSA) is 55.6 Å². The van der Waals surface area contributed by atoms with Crippen molar-refractivity contribution < 1.29 is 13.2 Å². The van der Waals surface area contributed by atoms with Gasteiger partial charge in [0.25, 0.3) is 0 Å². The maximum absolute atomic E-state index is 11.9. The number of nitrogens with one attached hydrogen (secondary N) is 1. The van der Waals surface area contributed by atoms with Crippen LogP contribution in [-0.4, -0.2) is 32.9 Å². The molecular formula is C8H14F3N5. The second kappa shape index (κ2) is 5.78. The van der Waals surface area contributed by atoms with E-state index in [1.807, 2.05) is 6.92 Å². The van der Waals surface area contributed by atoms with E-state index in [2.05, 4.69) is 20.8 Å². The molecule has 0 radical (unpaired) electrons. The van der Waals surface area contributed by atoms with E-state index in [0.29, 0.717) is 12.4 Å². The summed E-state index contributed by atoms with van der Waals surface area (Å²) in [4.78, 5) is 0. The van der Waals surface area contributed by atoms with E-state index in [0.717, 1.165) is 6.54 Å². The molecule has 1 heterocycles. The smallest absolute Gasteiger partial charge is 0.310 e. The number of alkyl halides is 3. The Labute approximate surface area is 91.0 Å². The quantitative estimate of drug-likeness (QED) is 0.805. The monoisotopic (exact) mass is 237 g/mol. The molecule has 1 N–H and O–H groups in total. The lowest BCUT2D eigenvalue weighted by molar-refractivity contribution is -0.136. The van der Waals surface area contributed by atoms with Crippen LogP contribution < -0.4 is 5.32 Å². The third-order valence-electron chi connectivity index (χ3n) is 1.97. The summed E-state index contributed by atoms with van der Waals surface area (Å²) >= 11 is 0. The van der Waals surface area contributed by atoms with Gasteiger partial charge in [-0.2, -0.15) is 13.2 Å². The standard InChI is InChI=1S/C8H14F3N5/c1-2-12-6-7-13-14-15-16(7)5-3-4-8(9,10)11/h12H,2-6H2,1H3. The van der Waals surface area contributed by atoms with Gasteiger partial charge in [0.05, 0.1) is 6.54 Å². The summed E-state index contributed by atoms with van der Waals surface area (Å²) in [6.45, 7) is 3.34. The Balaban J connectivity index is 2.38. The molecule has 0 aromatic carbocycles. The average molecular weight is 237 g/mol. The van der Waals surface area contributed by atoms with Crippen molar-refractivity contribution in [3.8, 4) is 0 Å². The predicted molar refractivity (Wildman–Crippen MR) is 50.5 cm³/mol. The summed E-state index contributed by atoms with van der Waals surface area (Å²) in [6.07, 6.45) is -4.93. The van der Waals surface area contributed by atoms with E-state index in [1.54, 1.807) is 0 Å². The zero-order chi connectivity index (χ0) is 12.0. The lowest BCUT2D eigenvalue weighted by Crippen LogP contribution is -2.18. The second-order valence-corrected chi connectivity index (χ2v) is 3.32. The summed E-state index contributed by atoms with van der Waals surface area (Å²) in [5.74, 6) is 0.559. The highest BCUT2D eigenvalue weighted by Crippen LogP contribution is 2.21. The van der Waals surface area contributed by atoms with Crippen LogP contribution in [0.25, 0.3) is 0 Å². The molecule has 0 amide bonds. The Morgan fingerprint density at radius 3 is 2.75 bits per heavy atom. The van der Waals surface area contributed by atoms with Crippen LogP contribution in [-0.2, 0) is 13.1 Å². The van der Waals surface area contributed by atoms with E-state index >= 15 is 0 Å². The summed E-state index contributed by atoms with van der Waals surface area (Å²) in [5, 5.41) is 13.8. The molecule has 0 aliphatic rings. The molecule has 16 heavy (non-hydrogen) atoms. The van der Waals surface area contributed by atoms with Crippen molar-refractivity contribution in [1.29, 1.82) is 0 Å². The fraction of sp³-hybridized carbons (Fsp3) is 0.875. The van der Waals surface area contributed by atoms with Gasteiger partial charge >= 0.3 is 6.18 Å². The number of tetrazole rings is 1. The first-order chi connectivity index (χ1) is 7.53. The van der Waals surface area contributed by atoms with Gasteiger partial charge in [0.15, 0.2) is 5.82 Å². The van der Waals surface area contributed by atoms with Gasteiger partial charge in [0.2, 0.25) is 0 Å². The summed E-state index contributed by atoms with van der Waals surface area (Å²) < 4.78 is 37.1. The molecule has 0 saturated carbocycles. The highest BCUT2D eigenvalue weighted by molar-refractivity contribution is 4.79. The number of halogens is 3. The SMILES string of the molecule is CCNCc1nnnn1CCCC(F)(F)F. The van der Waals surface area contributed by atoms with E-state index in [9.17, 15) is 13.2 Å². The Hall–Kier alpha value is -1.18. The first-order valence-corrected chi connectivity index (χ1v) is 5.05. The molecule has 1 aromatic rings. The van der Waals surface area contributed by atoms with E-state index in [-0.39, 0.29) is 13.0 Å². The van der Waals surface area contributed by atoms with Gasteiger partial charge in [-0.25, -0.2) is 4.68 Å². The largest absolute Gasteiger partial charge is 0.389 e. The van der Waals surface area contributed by atoms with Crippen LogP contribution in [0.2, 0.25) is 0 Å². The molecule has 1 aromatic heterocycles. The van der Waals surface area contributed by atoms with Crippen LogP contribution in [0.4, 0.5) is 13.2 Å². The molecule has 0 aliphatic carbocycles. The van der Waals surface area contributed by atoms with Gasteiger partial charge in [0.1, 0.15) is 0 Å². The summed E-state index contributed by atoms with van der Waals surface area (Å²) in [7, 11) is 0. The molecule has 5 nitrogen and oxygen atoms in total. The van der Waals surface area contributed by atoms with E-state index in [4.69, 9.17) is 0 Å². The summed E-state index contributed by atoms with van der Waals surface area (Å²) in [5.41, 5.74) is 0. The highest BCUT2D eigenvalue weighted by atomic mass is 19.4. The van der Waals surface area contributed by atoms with Gasteiger partial charge < -0.3 is 5.32 Å². The Morgan fingerprint density at radius 2 is 2.12 bits per heavy atom. The number of aromatic nitrogens is 4. The number of hydrogen-bond donors (Lipinski definition) is 1. The lowest BCUT2D eigenvalue weighted by atomic mass is 10.3. The van der Waals surface area contributed by atoms with E-state index in [1.165, 1.54) is 4.68 Å². The molecule has 0 unspecified atom stereocenters. The predicted octanol–water partition coefficient (Wildman–Crippen LogP) is 1.13. The second-order valence-electron chi connectivity index (χ2n) is 3.32. The Morgan fingerprint density at radius 1 is 1.38 bits per heavy atom. The number of rotatable bonds is 6. The molecule has 0 saturated heterocycles. The summed E-state index contributed by atoms with van der Waals surface area (Å²) in [6, 6.07) is 0. The lowest BCUT2D eigenvalue weighted by Gasteiger charge is -2.07. The van der Waals surface area contributed by atoms with E-state index < -0.39 is 12.6 Å². The van der Waals surface area contributed by atoms with Crippen molar-refractivity contribution >= 4 is 0 Å². The molecule has 92 valence electrons. The Kier molecular flexibility index (Phi) is 4.66. The van der Waals surface area contributed by atoms with Crippen molar-refractivity contribution in [2.75, 3.05) is 6.54 Å². The molecule has 8 heteroatoms. The first kappa shape index (κ1) is 12.9. The molecule has 1 rings (SSSR count). The minimum atomic E-state index is -4.12. The first-order valence-electron chi connectivity index (χ1n) is 5.05. The molecular weight excluding hydrogens is 223 g/mol. The van der Waals surface area contributed by atoms with Crippen molar-refractivity contribution in [3.05, 3.63) is 5.82 Å².